The minimum atomic E-state index is -4.25. The van der Waals surface area contributed by atoms with Gasteiger partial charge in [-0.15, -0.1) is 10.2 Å². The van der Waals surface area contributed by atoms with Crippen LogP contribution in [0, 0.1) is 5.92 Å². The van der Waals surface area contributed by atoms with E-state index in [0.29, 0.717) is 9.47 Å². The second kappa shape index (κ2) is 5.87. The van der Waals surface area contributed by atoms with Crippen molar-refractivity contribution in [2.75, 3.05) is 31.3 Å². The average molecular weight is 286 g/mol. The number of aromatic nitrogens is 2. The Labute approximate surface area is 105 Å². The van der Waals surface area contributed by atoms with Crippen molar-refractivity contribution in [2.24, 2.45) is 11.7 Å². The predicted molar refractivity (Wildman–Crippen MR) is 63.6 cm³/mol. The van der Waals surface area contributed by atoms with Crippen LogP contribution in [0.2, 0.25) is 0 Å². The molecule has 1 aromatic rings. The van der Waals surface area contributed by atoms with Crippen LogP contribution in [0.3, 0.4) is 0 Å². The molecule has 9 heteroatoms. The van der Waals surface area contributed by atoms with Crippen molar-refractivity contribution in [3.8, 4) is 0 Å². The summed E-state index contributed by atoms with van der Waals surface area (Å²) in [5.74, 6) is -1.62. The molecule has 0 saturated carbocycles. The highest BCUT2D eigenvalue weighted by Gasteiger charge is 2.38. The van der Waals surface area contributed by atoms with Crippen molar-refractivity contribution in [2.45, 2.75) is 10.5 Å². The van der Waals surface area contributed by atoms with Crippen LogP contribution in [0.25, 0.3) is 0 Å². The van der Waals surface area contributed by atoms with Crippen molar-refractivity contribution < 1.29 is 13.2 Å². The van der Waals surface area contributed by atoms with Crippen LogP contribution in [0.15, 0.2) is 4.34 Å². The molecule has 17 heavy (non-hydrogen) atoms. The van der Waals surface area contributed by atoms with Gasteiger partial charge in [0, 0.05) is 26.4 Å². The fraction of sp³-hybridized carbons (Fsp3) is 0.750. The first-order valence-electron chi connectivity index (χ1n) is 4.75. The first-order chi connectivity index (χ1) is 7.84. The van der Waals surface area contributed by atoms with Gasteiger partial charge in [-0.1, -0.05) is 23.1 Å². The number of hydrogen-bond acceptors (Lipinski definition) is 6. The number of nitrogens with zero attached hydrogens (tertiary/aromatic N) is 3. The second-order valence-corrected chi connectivity index (χ2v) is 5.75. The van der Waals surface area contributed by atoms with E-state index in [0.717, 1.165) is 11.8 Å². The van der Waals surface area contributed by atoms with Gasteiger partial charge in [0.25, 0.3) is 0 Å². The van der Waals surface area contributed by atoms with Gasteiger partial charge in [-0.05, 0) is 0 Å². The van der Waals surface area contributed by atoms with Gasteiger partial charge in [0.2, 0.25) is 5.13 Å². The Morgan fingerprint density at radius 2 is 2.06 bits per heavy atom. The Morgan fingerprint density at radius 3 is 2.47 bits per heavy atom. The van der Waals surface area contributed by atoms with Crippen LogP contribution >= 0.6 is 23.1 Å². The maximum Gasteiger partial charge on any atom is 0.393 e. The highest BCUT2D eigenvalue weighted by Crippen LogP contribution is 2.33. The third-order valence-corrected chi connectivity index (χ3v) is 4.32. The second-order valence-electron chi connectivity index (χ2n) is 3.53. The van der Waals surface area contributed by atoms with E-state index in [2.05, 4.69) is 10.2 Å². The Hall–Kier alpha value is -0.540. The zero-order valence-corrected chi connectivity index (χ0v) is 11.0. The molecule has 1 rings (SSSR count). The van der Waals surface area contributed by atoms with Gasteiger partial charge in [-0.25, -0.2) is 0 Å². The third kappa shape index (κ3) is 4.32. The van der Waals surface area contributed by atoms with Crippen molar-refractivity contribution in [1.29, 1.82) is 0 Å². The normalized spacial score (nSPS) is 13.8. The summed E-state index contributed by atoms with van der Waals surface area (Å²) in [6.07, 6.45) is -4.25. The Bertz CT molecular complexity index is 353. The monoisotopic (exact) mass is 286 g/mol. The van der Waals surface area contributed by atoms with E-state index in [1.54, 1.807) is 19.0 Å². The van der Waals surface area contributed by atoms with Crippen molar-refractivity contribution >= 4 is 28.2 Å². The maximum atomic E-state index is 12.4. The molecule has 4 nitrogen and oxygen atoms in total. The van der Waals surface area contributed by atoms with Crippen LogP contribution in [0.4, 0.5) is 18.3 Å². The lowest BCUT2D eigenvalue weighted by Gasteiger charge is -2.16. The summed E-state index contributed by atoms with van der Waals surface area (Å²) >= 11 is 2.30. The van der Waals surface area contributed by atoms with Gasteiger partial charge in [0.1, 0.15) is 0 Å². The molecule has 98 valence electrons. The molecule has 2 N–H and O–H groups in total. The lowest BCUT2D eigenvalue weighted by Crippen LogP contribution is -2.32. The summed E-state index contributed by atoms with van der Waals surface area (Å²) in [7, 11) is 3.60. The van der Waals surface area contributed by atoms with Crippen LogP contribution in [-0.2, 0) is 0 Å². The van der Waals surface area contributed by atoms with Gasteiger partial charge in [0.05, 0.1) is 5.92 Å². The number of rotatable bonds is 5. The molecule has 1 aromatic heterocycles. The Balaban J connectivity index is 2.54. The molecule has 1 atom stereocenters. The molecule has 0 amide bonds. The van der Waals surface area contributed by atoms with Gasteiger partial charge in [-0.2, -0.15) is 13.2 Å². The summed E-state index contributed by atoms with van der Waals surface area (Å²) < 4.78 is 37.8. The molecule has 0 aromatic carbocycles. The third-order valence-electron chi connectivity index (χ3n) is 1.93. The van der Waals surface area contributed by atoms with E-state index in [-0.39, 0.29) is 5.75 Å². The molecule has 0 aliphatic rings. The molecule has 0 aliphatic heterocycles. The van der Waals surface area contributed by atoms with E-state index >= 15 is 0 Å². The van der Waals surface area contributed by atoms with Crippen LogP contribution in [-0.4, -0.2) is 42.8 Å². The van der Waals surface area contributed by atoms with Gasteiger partial charge >= 0.3 is 6.18 Å². The Kier molecular flexibility index (Phi) is 5.02. The first kappa shape index (κ1) is 14.5. The number of anilines is 1. The molecular weight excluding hydrogens is 273 g/mol. The quantitative estimate of drug-likeness (QED) is 0.837. The van der Waals surface area contributed by atoms with E-state index in [1.165, 1.54) is 11.3 Å². The number of hydrogen-bond donors (Lipinski definition) is 1. The zero-order chi connectivity index (χ0) is 13.1. The first-order valence-corrected chi connectivity index (χ1v) is 6.55. The summed E-state index contributed by atoms with van der Waals surface area (Å²) in [6, 6.07) is 0. The number of thioether (sulfide) groups is 1. The zero-order valence-electron chi connectivity index (χ0n) is 9.36. The molecule has 0 bridgehead atoms. The maximum absolute atomic E-state index is 12.4. The standard InChI is InChI=1S/C8H13F3N4S2/c1-15(2)6-13-14-7(17-6)16-4-5(3-12)8(9,10)11/h5H,3-4,12H2,1-2H3. The molecule has 0 spiro atoms. The highest BCUT2D eigenvalue weighted by molar-refractivity contribution is 8.01. The largest absolute Gasteiger partial charge is 0.393 e. The van der Waals surface area contributed by atoms with E-state index in [1.807, 2.05) is 0 Å². The molecule has 1 unspecified atom stereocenters. The summed E-state index contributed by atoms with van der Waals surface area (Å²) in [5.41, 5.74) is 5.10. The average Bonchev–Trinajstić information content (AvgIpc) is 2.65. The fourth-order valence-corrected chi connectivity index (χ4v) is 2.84. The Morgan fingerprint density at radius 1 is 1.41 bits per heavy atom. The predicted octanol–water partition coefficient (Wildman–Crippen LogP) is 1.83. The number of halogens is 3. The van der Waals surface area contributed by atoms with E-state index in [9.17, 15) is 13.2 Å². The van der Waals surface area contributed by atoms with Gasteiger partial charge in [0.15, 0.2) is 4.34 Å². The van der Waals surface area contributed by atoms with Gasteiger partial charge < -0.3 is 10.6 Å². The van der Waals surface area contributed by atoms with E-state index in [4.69, 9.17) is 5.73 Å². The number of nitrogens with two attached hydrogens (primary N) is 1. The smallest absolute Gasteiger partial charge is 0.353 e. The fourth-order valence-electron chi connectivity index (χ4n) is 0.910. The van der Waals surface area contributed by atoms with Crippen LogP contribution in [0.1, 0.15) is 0 Å². The van der Waals surface area contributed by atoms with Crippen molar-refractivity contribution in [3.63, 3.8) is 0 Å². The molecule has 0 radical (unpaired) electrons. The van der Waals surface area contributed by atoms with Crippen molar-refractivity contribution in [1.82, 2.24) is 10.2 Å². The van der Waals surface area contributed by atoms with Crippen LogP contribution in [0.5, 0.6) is 0 Å². The summed E-state index contributed by atoms with van der Waals surface area (Å²) in [5, 5.41) is 8.32. The molecule has 1 heterocycles. The molecular formula is C8H13F3N4S2. The van der Waals surface area contributed by atoms with E-state index < -0.39 is 18.6 Å². The highest BCUT2D eigenvalue weighted by atomic mass is 32.2. The molecule has 0 saturated heterocycles. The number of alkyl halides is 3. The summed E-state index contributed by atoms with van der Waals surface area (Å²) in [4.78, 5) is 1.76. The minimum absolute atomic E-state index is 0.123. The summed E-state index contributed by atoms with van der Waals surface area (Å²) in [6.45, 7) is -0.407. The van der Waals surface area contributed by atoms with Gasteiger partial charge in [-0.3, -0.25) is 0 Å². The minimum Gasteiger partial charge on any atom is -0.353 e. The van der Waals surface area contributed by atoms with Crippen molar-refractivity contribution in [3.05, 3.63) is 0 Å². The SMILES string of the molecule is CN(C)c1nnc(SCC(CN)C(F)(F)F)s1. The lowest BCUT2D eigenvalue weighted by molar-refractivity contribution is -0.165. The van der Waals surface area contributed by atoms with Crippen LogP contribution < -0.4 is 10.6 Å². The molecule has 0 fully saturated rings. The lowest BCUT2D eigenvalue weighted by atomic mass is 10.2. The topological polar surface area (TPSA) is 55.0 Å². The molecule has 0 aliphatic carbocycles.